The van der Waals surface area contributed by atoms with E-state index >= 15 is 0 Å². The predicted molar refractivity (Wildman–Crippen MR) is 108 cm³/mol. The van der Waals surface area contributed by atoms with Crippen LogP contribution < -0.4 is 21.1 Å². The number of aryl methyl sites for hydroxylation is 1. The molecule has 0 bridgehead atoms. The maximum Gasteiger partial charge on any atom is 0.248 e. The summed E-state index contributed by atoms with van der Waals surface area (Å²) in [7, 11) is 0. The molecule has 0 radical (unpaired) electrons. The summed E-state index contributed by atoms with van der Waals surface area (Å²) in [5.74, 6) is 2.15. The lowest BCUT2D eigenvalue weighted by Crippen LogP contribution is -2.45. The molecule has 8 heteroatoms. The Hall–Kier alpha value is -2.77. The molecule has 140 valence electrons. The van der Waals surface area contributed by atoms with E-state index in [1.807, 2.05) is 43.3 Å². The molecule has 0 atom stereocenters. The van der Waals surface area contributed by atoms with Crippen molar-refractivity contribution in [1.82, 2.24) is 20.5 Å². The number of H-pyrrole nitrogens is 1. The molecule has 7 nitrogen and oxygen atoms in total. The first-order chi connectivity index (χ1) is 13.1. The fourth-order valence-corrected chi connectivity index (χ4v) is 3.42. The van der Waals surface area contributed by atoms with Crippen molar-refractivity contribution in [2.24, 2.45) is 5.92 Å². The van der Waals surface area contributed by atoms with Gasteiger partial charge in [0.1, 0.15) is 5.75 Å². The highest BCUT2D eigenvalue weighted by molar-refractivity contribution is 6.33. The lowest BCUT2D eigenvalue weighted by atomic mass is 9.99. The van der Waals surface area contributed by atoms with Crippen LogP contribution in [0.1, 0.15) is 5.56 Å². The number of aromatic nitrogens is 3. The number of halogens is 1. The molecule has 1 aromatic heterocycles. The van der Waals surface area contributed by atoms with Crippen molar-refractivity contribution < 1.29 is 4.74 Å². The monoisotopic (exact) mass is 384 g/mol. The van der Waals surface area contributed by atoms with E-state index in [0.29, 0.717) is 16.9 Å². The molecule has 0 unspecified atom stereocenters. The lowest BCUT2D eigenvalue weighted by molar-refractivity contribution is 0.199. The van der Waals surface area contributed by atoms with E-state index in [0.717, 1.165) is 47.8 Å². The van der Waals surface area contributed by atoms with E-state index in [1.54, 1.807) is 0 Å². The number of ether oxygens (including phenoxy) is 1. The number of hydrogen-bond acceptors (Lipinski definition) is 6. The third-order valence-corrected chi connectivity index (χ3v) is 4.84. The second-order valence-electron chi connectivity index (χ2n) is 6.68. The summed E-state index contributed by atoms with van der Waals surface area (Å²) in [4.78, 5) is 4.03. The van der Waals surface area contributed by atoms with E-state index in [-0.39, 0.29) is 5.95 Å². The summed E-state index contributed by atoms with van der Waals surface area (Å²) in [5.41, 5.74) is 9.43. The number of aromatic amines is 1. The summed E-state index contributed by atoms with van der Waals surface area (Å²) < 4.78 is 5.84. The number of hydrogen-bond donors (Lipinski definition) is 4. The smallest absolute Gasteiger partial charge is 0.248 e. The van der Waals surface area contributed by atoms with Gasteiger partial charge in [0, 0.05) is 30.3 Å². The van der Waals surface area contributed by atoms with Gasteiger partial charge in [-0.2, -0.15) is 4.98 Å². The average Bonchev–Trinajstić information content (AvgIpc) is 2.99. The molecule has 0 saturated carbocycles. The fourth-order valence-electron chi connectivity index (χ4n) is 3.04. The summed E-state index contributed by atoms with van der Waals surface area (Å²) in [6, 6.07) is 11.9. The molecule has 2 aromatic carbocycles. The van der Waals surface area contributed by atoms with E-state index in [2.05, 4.69) is 25.8 Å². The van der Waals surface area contributed by atoms with Crippen LogP contribution in [0, 0.1) is 12.8 Å². The van der Waals surface area contributed by atoms with Gasteiger partial charge in [-0.05, 0) is 42.3 Å². The Kier molecular flexibility index (Phi) is 4.87. The van der Waals surface area contributed by atoms with E-state index in [1.165, 1.54) is 0 Å². The highest BCUT2D eigenvalue weighted by Gasteiger charge is 2.17. The van der Waals surface area contributed by atoms with Gasteiger partial charge in [0.15, 0.2) is 0 Å². The quantitative estimate of drug-likeness (QED) is 0.520. The van der Waals surface area contributed by atoms with Crippen LogP contribution in [-0.4, -0.2) is 34.9 Å². The highest BCUT2D eigenvalue weighted by atomic mass is 35.5. The minimum Gasteiger partial charge on any atom is -0.493 e. The Morgan fingerprint density at radius 2 is 2.04 bits per heavy atom. The van der Waals surface area contributed by atoms with Gasteiger partial charge in [0.2, 0.25) is 11.9 Å². The van der Waals surface area contributed by atoms with Gasteiger partial charge in [0.25, 0.3) is 0 Å². The zero-order chi connectivity index (χ0) is 18.8. The molecule has 27 heavy (non-hydrogen) atoms. The van der Waals surface area contributed by atoms with E-state index < -0.39 is 0 Å². The van der Waals surface area contributed by atoms with Gasteiger partial charge in [0.05, 0.1) is 11.6 Å². The predicted octanol–water partition coefficient (Wildman–Crippen LogP) is 3.36. The Balaban J connectivity index is 1.50. The molecule has 1 saturated heterocycles. The molecule has 0 aliphatic carbocycles. The zero-order valence-corrected chi connectivity index (χ0v) is 15.7. The number of rotatable bonds is 6. The Bertz CT molecular complexity index is 913. The maximum absolute atomic E-state index is 6.56. The SMILES string of the molecule is Cc1cc(Nc2n[nH]c(N)n2)cc(Cl)c1-c1ccc(OCC2CNC2)cc1. The van der Waals surface area contributed by atoms with Crippen molar-refractivity contribution in [2.75, 3.05) is 30.7 Å². The second kappa shape index (κ2) is 7.46. The third kappa shape index (κ3) is 3.99. The lowest BCUT2D eigenvalue weighted by Gasteiger charge is -2.26. The van der Waals surface area contributed by atoms with Crippen molar-refractivity contribution in [2.45, 2.75) is 6.92 Å². The number of nitrogens with zero attached hydrogens (tertiary/aromatic N) is 2. The molecule has 4 rings (SSSR count). The second-order valence-corrected chi connectivity index (χ2v) is 7.09. The van der Waals surface area contributed by atoms with Crippen LogP contribution in [0.4, 0.5) is 17.6 Å². The fraction of sp³-hybridized carbons (Fsp3) is 0.263. The molecule has 0 spiro atoms. The Morgan fingerprint density at radius 3 is 2.63 bits per heavy atom. The largest absolute Gasteiger partial charge is 0.493 e. The van der Waals surface area contributed by atoms with Crippen LogP contribution in [0.15, 0.2) is 36.4 Å². The van der Waals surface area contributed by atoms with Crippen LogP contribution in [0.5, 0.6) is 5.75 Å². The molecule has 1 fully saturated rings. The van der Waals surface area contributed by atoms with Crippen molar-refractivity contribution in [3.05, 3.63) is 47.0 Å². The molecule has 3 aromatic rings. The van der Waals surface area contributed by atoms with Gasteiger partial charge >= 0.3 is 0 Å². The van der Waals surface area contributed by atoms with E-state index in [9.17, 15) is 0 Å². The van der Waals surface area contributed by atoms with Gasteiger partial charge < -0.3 is 21.1 Å². The van der Waals surface area contributed by atoms with Crippen LogP contribution in [0.2, 0.25) is 5.02 Å². The summed E-state index contributed by atoms with van der Waals surface area (Å²) in [6.07, 6.45) is 0. The van der Waals surface area contributed by atoms with Gasteiger partial charge in [-0.25, -0.2) is 5.10 Å². The maximum atomic E-state index is 6.56. The number of nitrogens with two attached hydrogens (primary N) is 1. The standard InChI is InChI=1S/C19H21ClN6O/c1-11-6-14(23-19-24-18(21)25-26-19)7-16(20)17(11)13-2-4-15(5-3-13)27-10-12-8-22-9-12/h2-7,12,22H,8-10H2,1H3,(H4,21,23,24,25,26). The summed E-state index contributed by atoms with van der Waals surface area (Å²) in [6.45, 7) is 4.84. The van der Waals surface area contributed by atoms with Crippen LogP contribution in [0.25, 0.3) is 11.1 Å². The summed E-state index contributed by atoms with van der Waals surface area (Å²) in [5, 5.41) is 13.5. The third-order valence-electron chi connectivity index (χ3n) is 4.54. The molecule has 0 amide bonds. The Morgan fingerprint density at radius 1 is 1.26 bits per heavy atom. The molecule has 2 heterocycles. The summed E-state index contributed by atoms with van der Waals surface area (Å²) >= 11 is 6.56. The first-order valence-electron chi connectivity index (χ1n) is 8.77. The topological polar surface area (TPSA) is 101 Å². The molecule has 1 aliphatic rings. The molecule has 1 aliphatic heterocycles. The van der Waals surface area contributed by atoms with Crippen LogP contribution >= 0.6 is 11.6 Å². The van der Waals surface area contributed by atoms with Crippen molar-refractivity contribution in [3.63, 3.8) is 0 Å². The molecular weight excluding hydrogens is 364 g/mol. The zero-order valence-electron chi connectivity index (χ0n) is 14.9. The average molecular weight is 385 g/mol. The number of benzene rings is 2. The number of nitrogen functional groups attached to an aromatic ring is 1. The van der Waals surface area contributed by atoms with Crippen molar-refractivity contribution >= 4 is 29.2 Å². The Labute approximate surface area is 162 Å². The highest BCUT2D eigenvalue weighted by Crippen LogP contribution is 2.35. The van der Waals surface area contributed by atoms with E-state index in [4.69, 9.17) is 22.1 Å². The normalized spacial score (nSPS) is 14.0. The van der Waals surface area contributed by atoms with Gasteiger partial charge in [-0.1, -0.05) is 23.7 Å². The minimum absolute atomic E-state index is 0.257. The van der Waals surface area contributed by atoms with Gasteiger partial charge in [-0.15, -0.1) is 5.10 Å². The van der Waals surface area contributed by atoms with Crippen LogP contribution in [-0.2, 0) is 0 Å². The molecular formula is C19H21ClN6O. The number of nitrogens with one attached hydrogen (secondary N) is 3. The first-order valence-corrected chi connectivity index (χ1v) is 9.15. The van der Waals surface area contributed by atoms with Crippen molar-refractivity contribution in [1.29, 1.82) is 0 Å². The van der Waals surface area contributed by atoms with Crippen LogP contribution in [0.3, 0.4) is 0 Å². The van der Waals surface area contributed by atoms with Gasteiger partial charge in [-0.3, -0.25) is 0 Å². The number of anilines is 3. The minimum atomic E-state index is 0.257. The molecule has 5 N–H and O–H groups in total. The van der Waals surface area contributed by atoms with Crippen molar-refractivity contribution in [3.8, 4) is 16.9 Å². The first kappa shape index (κ1) is 17.6.